The topological polar surface area (TPSA) is 161 Å². The Morgan fingerprint density at radius 1 is 0.781 bits per heavy atom. The van der Waals surface area contributed by atoms with E-state index in [1.807, 2.05) is 0 Å². The Balaban J connectivity index is 3.51. The molecule has 1 N–H and O–H groups in total. The van der Waals surface area contributed by atoms with Crippen LogP contribution < -0.4 is 0 Å². The van der Waals surface area contributed by atoms with Gasteiger partial charge in [0.05, 0.1) is 6.10 Å². The second-order valence-electron chi connectivity index (χ2n) is 7.40. The number of carbonyl (C=O) groups excluding carboxylic acids is 5. The Bertz CT molecular complexity index is 703. The molecule has 1 aliphatic rings. The second kappa shape index (κ2) is 12.3. The van der Waals surface area contributed by atoms with Crippen LogP contribution in [0.5, 0.6) is 0 Å². The summed E-state index contributed by atoms with van der Waals surface area (Å²) in [6, 6.07) is 0. The second-order valence-corrected chi connectivity index (χ2v) is 7.40. The van der Waals surface area contributed by atoms with E-state index in [1.54, 1.807) is 0 Å². The summed E-state index contributed by atoms with van der Waals surface area (Å²) >= 11 is 0. The number of hydrogen-bond acceptors (Lipinski definition) is 12. The summed E-state index contributed by atoms with van der Waals surface area (Å²) in [5, 5.41) is 9.91. The van der Waals surface area contributed by atoms with Gasteiger partial charge in [0.15, 0.2) is 24.4 Å². The molecule has 12 nitrogen and oxygen atoms in total. The Hall–Kier alpha value is -2.73. The van der Waals surface area contributed by atoms with Crippen molar-refractivity contribution >= 4 is 29.8 Å². The molecular formula is C20H30O12. The molecule has 1 fully saturated rings. The van der Waals surface area contributed by atoms with Crippen LogP contribution in [0.2, 0.25) is 0 Å². The van der Waals surface area contributed by atoms with Gasteiger partial charge in [0.25, 0.3) is 0 Å². The molecule has 0 aromatic rings. The number of hydrogen-bond donors (Lipinski definition) is 1. The number of aliphatic hydroxyl groups excluding tert-OH is 1. The average molecular weight is 462 g/mol. The van der Waals surface area contributed by atoms with Crippen LogP contribution in [0.25, 0.3) is 0 Å². The number of aliphatic hydroxyl groups is 1. The van der Waals surface area contributed by atoms with Crippen LogP contribution in [-0.4, -0.2) is 84.3 Å². The van der Waals surface area contributed by atoms with E-state index in [0.29, 0.717) is 0 Å². The van der Waals surface area contributed by atoms with Crippen molar-refractivity contribution in [3.05, 3.63) is 0 Å². The normalized spacial score (nSPS) is 26.8. The monoisotopic (exact) mass is 462 g/mol. The highest BCUT2D eigenvalue weighted by atomic mass is 16.7. The van der Waals surface area contributed by atoms with Crippen molar-refractivity contribution in [1.29, 1.82) is 0 Å². The van der Waals surface area contributed by atoms with E-state index in [0.717, 1.165) is 34.6 Å². The van der Waals surface area contributed by atoms with E-state index in [1.165, 1.54) is 6.92 Å². The fourth-order valence-corrected chi connectivity index (χ4v) is 3.36. The highest BCUT2D eigenvalue weighted by Gasteiger charge is 2.54. The quantitative estimate of drug-likeness (QED) is 0.356. The molecule has 1 saturated heterocycles. The van der Waals surface area contributed by atoms with E-state index in [-0.39, 0.29) is 6.42 Å². The van der Waals surface area contributed by atoms with E-state index in [2.05, 4.69) is 0 Å². The van der Waals surface area contributed by atoms with Crippen LogP contribution in [0.1, 0.15) is 48.0 Å². The fourth-order valence-electron chi connectivity index (χ4n) is 3.36. The Labute approximate surface area is 185 Å². The van der Waals surface area contributed by atoms with E-state index >= 15 is 0 Å². The Morgan fingerprint density at radius 3 is 1.72 bits per heavy atom. The smallest absolute Gasteiger partial charge is 0.303 e. The van der Waals surface area contributed by atoms with Gasteiger partial charge in [-0.2, -0.15) is 0 Å². The van der Waals surface area contributed by atoms with Gasteiger partial charge in [0, 0.05) is 41.0 Å². The van der Waals surface area contributed by atoms with Gasteiger partial charge in [-0.25, -0.2) is 0 Å². The Morgan fingerprint density at radius 2 is 1.28 bits per heavy atom. The molecule has 0 aromatic heterocycles. The molecule has 7 atom stereocenters. The summed E-state index contributed by atoms with van der Waals surface area (Å²) in [6.07, 6.45) is -8.62. The maximum Gasteiger partial charge on any atom is 0.303 e. The minimum Gasteiger partial charge on any atom is -0.462 e. The highest BCUT2D eigenvalue weighted by Crippen LogP contribution is 2.33. The van der Waals surface area contributed by atoms with Gasteiger partial charge in [-0.05, 0) is 6.92 Å². The third-order valence-electron chi connectivity index (χ3n) is 4.28. The van der Waals surface area contributed by atoms with Crippen molar-refractivity contribution in [2.45, 2.75) is 90.7 Å². The van der Waals surface area contributed by atoms with Gasteiger partial charge in [-0.3, -0.25) is 24.0 Å². The summed E-state index contributed by atoms with van der Waals surface area (Å²) in [5.74, 6) is -3.71. The molecule has 0 spiro atoms. The molecule has 0 bridgehead atoms. The molecule has 1 rings (SSSR count). The van der Waals surface area contributed by atoms with Crippen LogP contribution in [-0.2, 0) is 52.4 Å². The molecule has 1 aliphatic heterocycles. The van der Waals surface area contributed by atoms with Crippen LogP contribution in [0, 0.1) is 0 Å². The summed E-state index contributed by atoms with van der Waals surface area (Å²) < 4.78 is 32.1. The molecule has 0 aromatic carbocycles. The average Bonchev–Trinajstić information content (AvgIpc) is 2.61. The van der Waals surface area contributed by atoms with Crippen LogP contribution >= 0.6 is 0 Å². The first-order valence-corrected chi connectivity index (χ1v) is 9.97. The van der Waals surface area contributed by atoms with Crippen LogP contribution in [0.3, 0.4) is 0 Å². The third kappa shape index (κ3) is 8.79. The van der Waals surface area contributed by atoms with E-state index in [9.17, 15) is 29.1 Å². The largest absolute Gasteiger partial charge is 0.462 e. The Kier molecular flexibility index (Phi) is 10.5. The maximum atomic E-state index is 11.8. The number of carbonyl (C=O) groups is 5. The standard InChI is InChI=1S/C20H30O12/c1-9(21)7-15-17(29-12(4)24)19(30-13(5)25)20(31-14(6)26)18(32-15)16(28-11(3)23)8-27-10(2)22/h9,15-21H,7-8H2,1-6H3/t9-,15-,16-,17+,18+,19+,20+/m0/s1. The molecule has 12 heteroatoms. The fraction of sp³-hybridized carbons (Fsp3) is 0.750. The zero-order valence-corrected chi connectivity index (χ0v) is 18.9. The molecule has 32 heavy (non-hydrogen) atoms. The van der Waals surface area contributed by atoms with Gasteiger partial charge in [-0.1, -0.05) is 0 Å². The first-order chi connectivity index (χ1) is 14.8. The number of rotatable bonds is 9. The predicted molar refractivity (Wildman–Crippen MR) is 104 cm³/mol. The summed E-state index contributed by atoms with van der Waals surface area (Å²) in [4.78, 5) is 58.4. The summed E-state index contributed by atoms with van der Waals surface area (Å²) in [7, 11) is 0. The highest BCUT2D eigenvalue weighted by molar-refractivity contribution is 5.69. The first-order valence-electron chi connectivity index (χ1n) is 9.97. The van der Waals surface area contributed by atoms with Gasteiger partial charge < -0.3 is 33.5 Å². The summed E-state index contributed by atoms with van der Waals surface area (Å²) in [5.41, 5.74) is 0. The van der Waals surface area contributed by atoms with Crippen molar-refractivity contribution < 1.29 is 57.5 Å². The third-order valence-corrected chi connectivity index (χ3v) is 4.28. The lowest BCUT2D eigenvalue weighted by Gasteiger charge is -2.46. The zero-order valence-electron chi connectivity index (χ0n) is 18.9. The van der Waals surface area contributed by atoms with Crippen molar-refractivity contribution in [2.24, 2.45) is 0 Å². The molecule has 0 radical (unpaired) electrons. The van der Waals surface area contributed by atoms with Crippen molar-refractivity contribution in [1.82, 2.24) is 0 Å². The molecule has 0 unspecified atom stereocenters. The predicted octanol–water partition coefficient (Wildman–Crippen LogP) is -0.185. The molecule has 182 valence electrons. The molecule has 0 aliphatic carbocycles. The first kappa shape index (κ1) is 27.3. The summed E-state index contributed by atoms with van der Waals surface area (Å²) in [6.45, 7) is 6.59. The molecule has 0 amide bonds. The minimum atomic E-state index is -1.40. The molecule has 1 heterocycles. The van der Waals surface area contributed by atoms with E-state index < -0.39 is 79.2 Å². The number of esters is 5. The van der Waals surface area contributed by atoms with Gasteiger partial charge in [0.1, 0.15) is 18.8 Å². The van der Waals surface area contributed by atoms with E-state index in [4.69, 9.17) is 28.4 Å². The molecule has 0 saturated carbocycles. The SMILES string of the molecule is CC(=O)OC[C@H](OC(C)=O)[C@H]1O[C@@H](C[C@H](C)O)[C@@H](OC(C)=O)[C@@H](OC(C)=O)[C@@H]1OC(C)=O. The van der Waals surface area contributed by atoms with Crippen molar-refractivity contribution in [2.75, 3.05) is 6.61 Å². The van der Waals surface area contributed by atoms with Crippen LogP contribution in [0.15, 0.2) is 0 Å². The van der Waals surface area contributed by atoms with Crippen LogP contribution in [0.4, 0.5) is 0 Å². The van der Waals surface area contributed by atoms with Gasteiger partial charge in [0.2, 0.25) is 0 Å². The lowest BCUT2D eigenvalue weighted by Crippen LogP contribution is -2.65. The van der Waals surface area contributed by atoms with Crippen molar-refractivity contribution in [3.8, 4) is 0 Å². The van der Waals surface area contributed by atoms with Gasteiger partial charge in [-0.15, -0.1) is 0 Å². The van der Waals surface area contributed by atoms with Crippen molar-refractivity contribution in [3.63, 3.8) is 0 Å². The zero-order chi connectivity index (χ0) is 24.6. The maximum absolute atomic E-state index is 11.8. The lowest BCUT2D eigenvalue weighted by atomic mass is 9.89. The number of ether oxygens (including phenoxy) is 6. The minimum absolute atomic E-state index is 0.0701. The van der Waals surface area contributed by atoms with Gasteiger partial charge >= 0.3 is 29.8 Å². The molecular weight excluding hydrogens is 432 g/mol. The lowest BCUT2D eigenvalue weighted by molar-refractivity contribution is -0.268.